The van der Waals surface area contributed by atoms with Crippen LogP contribution in [0.25, 0.3) is 11.3 Å². The zero-order chi connectivity index (χ0) is 22.6. The van der Waals surface area contributed by atoms with Crippen molar-refractivity contribution in [2.45, 2.75) is 17.9 Å². The number of non-ortho nitro benzene ring substituents is 1. The number of benzene rings is 2. The predicted molar refractivity (Wildman–Crippen MR) is 111 cm³/mol. The molecule has 0 unspecified atom stereocenters. The lowest BCUT2D eigenvalue weighted by Gasteiger charge is -2.14. The van der Waals surface area contributed by atoms with Crippen molar-refractivity contribution in [2.75, 3.05) is 11.1 Å². The van der Waals surface area contributed by atoms with Gasteiger partial charge in [-0.3, -0.25) is 14.9 Å². The van der Waals surface area contributed by atoms with E-state index < -0.39 is 23.6 Å². The van der Waals surface area contributed by atoms with Crippen molar-refractivity contribution >= 4 is 40.6 Å². The number of hydrogen-bond acceptors (Lipinski definition) is 5. The number of nitro groups is 1. The molecule has 0 atom stereocenters. The summed E-state index contributed by atoms with van der Waals surface area (Å²) >= 11 is 6.76. The highest BCUT2D eigenvalue weighted by Crippen LogP contribution is 2.31. The van der Waals surface area contributed by atoms with E-state index in [1.807, 2.05) is 0 Å². The summed E-state index contributed by atoms with van der Waals surface area (Å²) in [5, 5.41) is 13.4. The number of nitro benzene ring substituents is 1. The van der Waals surface area contributed by atoms with E-state index in [0.717, 1.165) is 22.4 Å². The van der Waals surface area contributed by atoms with Gasteiger partial charge in [0.1, 0.15) is 6.54 Å². The number of alkyl halides is 3. The van der Waals surface area contributed by atoms with Crippen molar-refractivity contribution in [3.05, 3.63) is 69.9 Å². The molecule has 0 bridgehead atoms. The summed E-state index contributed by atoms with van der Waals surface area (Å²) in [6.07, 6.45) is -3.17. The van der Waals surface area contributed by atoms with Crippen molar-refractivity contribution in [1.82, 2.24) is 9.55 Å². The van der Waals surface area contributed by atoms with Gasteiger partial charge in [0.05, 0.1) is 33.3 Å². The summed E-state index contributed by atoms with van der Waals surface area (Å²) in [5.41, 5.74) is 0.590. The highest BCUT2D eigenvalue weighted by molar-refractivity contribution is 7.99. The Morgan fingerprint density at radius 3 is 2.58 bits per heavy atom. The van der Waals surface area contributed by atoms with Gasteiger partial charge in [-0.15, -0.1) is 0 Å². The van der Waals surface area contributed by atoms with Crippen LogP contribution in [0.2, 0.25) is 5.02 Å². The summed E-state index contributed by atoms with van der Waals surface area (Å²) in [5.74, 6) is -0.877. The van der Waals surface area contributed by atoms with Gasteiger partial charge < -0.3 is 9.88 Å². The second-order valence-electron chi connectivity index (χ2n) is 6.25. The molecule has 7 nitrogen and oxygen atoms in total. The van der Waals surface area contributed by atoms with Crippen LogP contribution in [0, 0.1) is 10.1 Å². The molecule has 162 valence electrons. The standard InChI is InChI=1S/C19H14ClF3N4O3S/c20-14-7-6-13(27(29)30)8-15(14)25-17(28)10-31-18-24-9-16(12-4-2-1-3-5-12)26(18)11-19(21,22)23/h1-9H,10-11H2,(H,25,28). The summed E-state index contributed by atoms with van der Waals surface area (Å²) < 4.78 is 40.4. The van der Waals surface area contributed by atoms with E-state index >= 15 is 0 Å². The molecule has 0 radical (unpaired) electrons. The monoisotopic (exact) mass is 470 g/mol. The van der Waals surface area contributed by atoms with Gasteiger partial charge in [-0.25, -0.2) is 4.98 Å². The van der Waals surface area contributed by atoms with Gasteiger partial charge >= 0.3 is 6.18 Å². The predicted octanol–water partition coefficient (Wildman–Crippen LogP) is 5.40. The molecule has 3 aromatic rings. The van der Waals surface area contributed by atoms with Crippen LogP contribution >= 0.6 is 23.4 Å². The van der Waals surface area contributed by atoms with Crippen molar-refractivity contribution in [1.29, 1.82) is 0 Å². The van der Waals surface area contributed by atoms with Gasteiger partial charge in [0.15, 0.2) is 5.16 Å². The molecule has 0 saturated heterocycles. The van der Waals surface area contributed by atoms with Crippen LogP contribution in [-0.2, 0) is 11.3 Å². The van der Waals surface area contributed by atoms with Gasteiger partial charge in [-0.1, -0.05) is 53.7 Å². The Morgan fingerprint density at radius 2 is 1.94 bits per heavy atom. The molecular weight excluding hydrogens is 457 g/mol. The molecule has 0 fully saturated rings. The maximum atomic E-state index is 13.1. The van der Waals surface area contributed by atoms with E-state index in [1.165, 1.54) is 18.3 Å². The van der Waals surface area contributed by atoms with Gasteiger partial charge in [-0.2, -0.15) is 13.2 Å². The molecule has 0 aliphatic rings. The fraction of sp³-hybridized carbons (Fsp3) is 0.158. The summed E-state index contributed by atoms with van der Waals surface area (Å²) in [4.78, 5) is 26.5. The molecule has 31 heavy (non-hydrogen) atoms. The number of anilines is 1. The second-order valence-corrected chi connectivity index (χ2v) is 7.60. The highest BCUT2D eigenvalue weighted by Gasteiger charge is 2.31. The number of thioether (sulfide) groups is 1. The van der Waals surface area contributed by atoms with Crippen LogP contribution in [0.4, 0.5) is 24.5 Å². The molecular formula is C19H14ClF3N4O3S. The lowest BCUT2D eigenvalue weighted by Crippen LogP contribution is -2.20. The first-order valence-electron chi connectivity index (χ1n) is 8.68. The average molecular weight is 471 g/mol. The van der Waals surface area contributed by atoms with E-state index in [0.29, 0.717) is 5.56 Å². The third kappa shape index (κ3) is 5.98. The molecule has 1 aromatic heterocycles. The SMILES string of the molecule is O=C(CSc1ncc(-c2ccccc2)n1CC(F)(F)F)Nc1cc([N+](=O)[O-])ccc1Cl. The number of imidazole rings is 1. The van der Waals surface area contributed by atoms with Crippen LogP contribution in [-0.4, -0.2) is 32.3 Å². The number of halogens is 4. The van der Waals surface area contributed by atoms with Gasteiger partial charge in [0.25, 0.3) is 5.69 Å². The maximum absolute atomic E-state index is 13.1. The second kappa shape index (κ2) is 9.40. The van der Waals surface area contributed by atoms with Crippen molar-refractivity contribution in [3.63, 3.8) is 0 Å². The average Bonchev–Trinajstić information content (AvgIpc) is 3.09. The van der Waals surface area contributed by atoms with Crippen LogP contribution < -0.4 is 5.32 Å². The quantitative estimate of drug-likeness (QED) is 0.283. The van der Waals surface area contributed by atoms with Crippen LogP contribution in [0.15, 0.2) is 59.9 Å². The fourth-order valence-electron chi connectivity index (χ4n) is 2.68. The Hall–Kier alpha value is -3.05. The number of rotatable bonds is 7. The largest absolute Gasteiger partial charge is 0.406 e. The molecule has 0 aliphatic heterocycles. The minimum atomic E-state index is -4.49. The van der Waals surface area contributed by atoms with E-state index in [1.54, 1.807) is 30.3 Å². The molecule has 0 spiro atoms. The topological polar surface area (TPSA) is 90.1 Å². The van der Waals surface area contributed by atoms with Crippen molar-refractivity contribution in [3.8, 4) is 11.3 Å². The number of aromatic nitrogens is 2. The number of amides is 1. The van der Waals surface area contributed by atoms with Gasteiger partial charge in [-0.05, 0) is 11.6 Å². The van der Waals surface area contributed by atoms with Gasteiger partial charge in [0.2, 0.25) is 5.91 Å². The number of carbonyl (C=O) groups is 1. The maximum Gasteiger partial charge on any atom is 0.406 e. The first kappa shape index (κ1) is 22.6. The van der Waals surface area contributed by atoms with E-state index in [-0.39, 0.29) is 33.0 Å². The Balaban J connectivity index is 1.77. The van der Waals surface area contributed by atoms with E-state index in [2.05, 4.69) is 10.3 Å². The Morgan fingerprint density at radius 1 is 1.23 bits per heavy atom. The molecule has 1 N–H and O–H groups in total. The van der Waals surface area contributed by atoms with E-state index in [9.17, 15) is 28.1 Å². The van der Waals surface area contributed by atoms with Crippen molar-refractivity contribution < 1.29 is 22.9 Å². The molecule has 2 aromatic carbocycles. The number of hydrogen-bond donors (Lipinski definition) is 1. The minimum Gasteiger partial charge on any atom is -0.324 e. The van der Waals surface area contributed by atoms with E-state index in [4.69, 9.17) is 11.6 Å². The molecule has 0 saturated carbocycles. The molecule has 0 aliphatic carbocycles. The minimum absolute atomic E-state index is 0.0106. The molecule has 12 heteroatoms. The third-order valence-corrected chi connectivity index (χ3v) is 5.31. The Labute approximate surface area is 183 Å². The van der Waals surface area contributed by atoms with Crippen LogP contribution in [0.5, 0.6) is 0 Å². The summed E-state index contributed by atoms with van der Waals surface area (Å²) in [6, 6.07) is 12.0. The van der Waals surface area contributed by atoms with Gasteiger partial charge in [0, 0.05) is 12.1 Å². The Kier molecular flexibility index (Phi) is 6.86. The molecule has 1 heterocycles. The first-order valence-corrected chi connectivity index (χ1v) is 10.0. The normalized spacial score (nSPS) is 11.4. The van der Waals surface area contributed by atoms with Crippen LogP contribution in [0.1, 0.15) is 0 Å². The van der Waals surface area contributed by atoms with Crippen LogP contribution in [0.3, 0.4) is 0 Å². The first-order chi connectivity index (χ1) is 14.6. The summed E-state index contributed by atoms with van der Waals surface area (Å²) in [6.45, 7) is -1.27. The smallest absolute Gasteiger partial charge is 0.324 e. The lowest BCUT2D eigenvalue weighted by atomic mass is 10.2. The molecule has 3 rings (SSSR count). The zero-order valence-electron chi connectivity index (χ0n) is 15.6. The zero-order valence-corrected chi connectivity index (χ0v) is 17.2. The summed E-state index contributed by atoms with van der Waals surface area (Å²) in [7, 11) is 0. The number of nitrogens with one attached hydrogen (secondary N) is 1. The highest BCUT2D eigenvalue weighted by atomic mass is 35.5. The Bertz CT molecular complexity index is 1110. The number of carbonyl (C=O) groups excluding carboxylic acids is 1. The third-order valence-electron chi connectivity index (χ3n) is 3.99. The lowest BCUT2D eigenvalue weighted by molar-refractivity contribution is -0.384. The van der Waals surface area contributed by atoms with Crippen molar-refractivity contribution in [2.24, 2.45) is 0 Å². The number of nitrogens with zero attached hydrogens (tertiary/aromatic N) is 3. The molecule has 1 amide bonds. The fourth-order valence-corrected chi connectivity index (χ4v) is 3.63.